The van der Waals surface area contributed by atoms with Gasteiger partial charge in [0.15, 0.2) is 0 Å². The van der Waals surface area contributed by atoms with E-state index >= 15 is 0 Å². The first kappa shape index (κ1) is 17.5. The first-order valence-corrected chi connectivity index (χ1v) is 8.94. The number of sulfonamides is 1. The molecule has 0 radical (unpaired) electrons. The van der Waals surface area contributed by atoms with Gasteiger partial charge < -0.3 is 4.74 Å². The van der Waals surface area contributed by atoms with E-state index in [2.05, 4.69) is 4.72 Å². The van der Waals surface area contributed by atoms with Gasteiger partial charge in [-0.3, -0.25) is 0 Å². The summed E-state index contributed by atoms with van der Waals surface area (Å²) in [4.78, 5) is 0.294. The number of aryl methyl sites for hydroxylation is 1. The molecular weight excluding hydrogens is 310 g/mol. The second-order valence-electron chi connectivity index (χ2n) is 6.25. The fourth-order valence-electron chi connectivity index (χ4n) is 2.29. The van der Waals surface area contributed by atoms with Crippen molar-refractivity contribution in [2.75, 3.05) is 13.7 Å². The summed E-state index contributed by atoms with van der Waals surface area (Å²) in [5.74, 6) is 0.782. The molecule has 5 heteroatoms. The third kappa shape index (κ3) is 4.33. The van der Waals surface area contributed by atoms with Crippen LogP contribution in [0.2, 0.25) is 0 Å². The topological polar surface area (TPSA) is 55.4 Å². The predicted octanol–water partition coefficient (Wildman–Crippen LogP) is 3.26. The number of methoxy groups -OCH3 is 1. The number of ether oxygens (including phenoxy) is 1. The van der Waals surface area contributed by atoms with Crippen molar-refractivity contribution in [3.63, 3.8) is 0 Å². The van der Waals surface area contributed by atoms with Gasteiger partial charge in [0.2, 0.25) is 10.0 Å². The first-order chi connectivity index (χ1) is 10.7. The normalized spacial score (nSPS) is 12.2. The Hall–Kier alpha value is -1.85. The summed E-state index contributed by atoms with van der Waals surface area (Å²) in [7, 11) is -1.89. The molecule has 2 aromatic carbocycles. The molecule has 0 bridgehead atoms. The molecule has 2 rings (SSSR count). The van der Waals surface area contributed by atoms with Crippen molar-refractivity contribution >= 4 is 10.0 Å². The third-order valence-corrected chi connectivity index (χ3v) is 5.27. The van der Waals surface area contributed by atoms with Gasteiger partial charge in [0, 0.05) is 12.0 Å². The van der Waals surface area contributed by atoms with E-state index in [9.17, 15) is 8.42 Å². The summed E-state index contributed by atoms with van der Waals surface area (Å²) in [5, 5.41) is 0. The molecule has 0 saturated heterocycles. The Kier molecular flexibility index (Phi) is 5.12. The molecule has 4 nitrogen and oxygen atoms in total. The predicted molar refractivity (Wildman–Crippen MR) is 92.4 cm³/mol. The lowest BCUT2D eigenvalue weighted by molar-refractivity contribution is 0.414. The van der Waals surface area contributed by atoms with Crippen LogP contribution in [0.5, 0.6) is 5.75 Å². The lowest BCUT2D eigenvalue weighted by atomic mass is 9.85. The van der Waals surface area contributed by atoms with E-state index in [4.69, 9.17) is 4.74 Å². The van der Waals surface area contributed by atoms with Crippen LogP contribution >= 0.6 is 0 Å². The maximum atomic E-state index is 12.4. The van der Waals surface area contributed by atoms with Crippen LogP contribution in [-0.2, 0) is 15.4 Å². The molecule has 1 N–H and O–H groups in total. The number of benzene rings is 2. The van der Waals surface area contributed by atoms with Crippen molar-refractivity contribution in [2.45, 2.75) is 31.1 Å². The minimum absolute atomic E-state index is 0.294. The van der Waals surface area contributed by atoms with Gasteiger partial charge >= 0.3 is 0 Å². The first-order valence-electron chi connectivity index (χ1n) is 7.45. The fraction of sp³-hybridized carbons (Fsp3) is 0.333. The van der Waals surface area contributed by atoms with Gasteiger partial charge in [-0.25, -0.2) is 13.1 Å². The summed E-state index contributed by atoms with van der Waals surface area (Å²) in [6.07, 6.45) is 0. The molecule has 23 heavy (non-hydrogen) atoms. The van der Waals surface area contributed by atoms with Crippen LogP contribution in [0.1, 0.15) is 25.0 Å². The van der Waals surface area contributed by atoms with Crippen LogP contribution in [0.15, 0.2) is 53.4 Å². The molecule has 0 saturated carbocycles. The van der Waals surface area contributed by atoms with Crippen molar-refractivity contribution in [1.82, 2.24) is 4.72 Å². The minimum Gasteiger partial charge on any atom is -0.497 e. The van der Waals surface area contributed by atoms with Gasteiger partial charge in [-0.2, -0.15) is 0 Å². The van der Waals surface area contributed by atoms with E-state index in [-0.39, 0.29) is 5.41 Å². The molecule has 0 aliphatic heterocycles. The highest BCUT2D eigenvalue weighted by Crippen LogP contribution is 2.25. The summed E-state index contributed by atoms with van der Waals surface area (Å²) in [5.41, 5.74) is 1.64. The summed E-state index contributed by atoms with van der Waals surface area (Å²) >= 11 is 0. The van der Waals surface area contributed by atoms with Crippen LogP contribution in [0, 0.1) is 6.92 Å². The number of nitrogens with one attached hydrogen (secondary N) is 1. The van der Waals surface area contributed by atoms with E-state index in [0.717, 1.165) is 16.9 Å². The summed E-state index contributed by atoms with van der Waals surface area (Å²) in [6, 6.07) is 14.6. The van der Waals surface area contributed by atoms with Crippen molar-refractivity contribution in [1.29, 1.82) is 0 Å². The maximum absolute atomic E-state index is 12.4. The van der Waals surface area contributed by atoms with Crippen molar-refractivity contribution < 1.29 is 13.2 Å². The van der Waals surface area contributed by atoms with Crippen LogP contribution in [-0.4, -0.2) is 22.1 Å². The molecule has 0 aliphatic carbocycles. The minimum atomic E-state index is -3.51. The molecule has 0 atom stereocenters. The SMILES string of the molecule is COc1ccc(C(C)(C)CNS(=O)(=O)c2cccc(C)c2)cc1. The van der Waals surface area contributed by atoms with Gasteiger partial charge in [0.05, 0.1) is 12.0 Å². The van der Waals surface area contributed by atoms with Crippen molar-refractivity contribution in [3.8, 4) is 5.75 Å². The zero-order chi connectivity index (χ0) is 17.1. The standard InChI is InChI=1S/C18H23NO3S/c1-14-6-5-7-17(12-14)23(20,21)19-13-18(2,3)15-8-10-16(22-4)11-9-15/h5-12,19H,13H2,1-4H3. The van der Waals surface area contributed by atoms with Gasteiger partial charge in [0.25, 0.3) is 0 Å². The molecule has 2 aromatic rings. The number of hydrogen-bond acceptors (Lipinski definition) is 3. The Morgan fingerprint density at radius 2 is 1.74 bits per heavy atom. The lowest BCUT2D eigenvalue weighted by Gasteiger charge is -2.26. The second kappa shape index (κ2) is 6.72. The van der Waals surface area contributed by atoms with E-state index in [1.807, 2.05) is 51.1 Å². The molecule has 0 aromatic heterocycles. The van der Waals surface area contributed by atoms with E-state index in [1.54, 1.807) is 25.3 Å². The second-order valence-corrected chi connectivity index (χ2v) is 8.02. The van der Waals surface area contributed by atoms with Gasteiger partial charge in [-0.1, -0.05) is 38.1 Å². The van der Waals surface area contributed by atoms with Crippen molar-refractivity contribution in [2.24, 2.45) is 0 Å². The van der Waals surface area contributed by atoms with Gasteiger partial charge in [-0.05, 0) is 42.3 Å². The highest BCUT2D eigenvalue weighted by Gasteiger charge is 2.24. The summed E-state index contributed by atoms with van der Waals surface area (Å²) in [6.45, 7) is 6.21. The Labute approximate surface area is 138 Å². The molecule has 0 fully saturated rings. The van der Waals surface area contributed by atoms with Gasteiger partial charge in [-0.15, -0.1) is 0 Å². The van der Waals surface area contributed by atoms with Gasteiger partial charge in [0.1, 0.15) is 5.75 Å². The van der Waals surface area contributed by atoms with Crippen LogP contribution in [0.3, 0.4) is 0 Å². The zero-order valence-electron chi connectivity index (χ0n) is 14.0. The highest BCUT2D eigenvalue weighted by atomic mass is 32.2. The summed E-state index contributed by atoms with van der Waals surface area (Å²) < 4.78 is 32.7. The monoisotopic (exact) mass is 333 g/mol. The Balaban J connectivity index is 2.14. The number of hydrogen-bond donors (Lipinski definition) is 1. The molecule has 0 aliphatic rings. The van der Waals surface area contributed by atoms with Crippen LogP contribution in [0.25, 0.3) is 0 Å². The number of rotatable bonds is 6. The maximum Gasteiger partial charge on any atom is 0.240 e. The van der Waals surface area contributed by atoms with Crippen LogP contribution in [0.4, 0.5) is 0 Å². The largest absolute Gasteiger partial charge is 0.497 e. The third-order valence-electron chi connectivity index (χ3n) is 3.88. The lowest BCUT2D eigenvalue weighted by Crippen LogP contribution is -2.36. The zero-order valence-corrected chi connectivity index (χ0v) is 14.8. The molecule has 0 amide bonds. The van der Waals surface area contributed by atoms with Crippen LogP contribution < -0.4 is 9.46 Å². The Bertz CT molecular complexity index is 765. The Morgan fingerprint density at radius 1 is 1.09 bits per heavy atom. The quantitative estimate of drug-likeness (QED) is 0.883. The molecule has 0 heterocycles. The van der Waals surface area contributed by atoms with E-state index in [1.165, 1.54) is 0 Å². The highest BCUT2D eigenvalue weighted by molar-refractivity contribution is 7.89. The Morgan fingerprint density at radius 3 is 2.30 bits per heavy atom. The average Bonchev–Trinajstić information content (AvgIpc) is 2.53. The smallest absolute Gasteiger partial charge is 0.240 e. The molecule has 0 unspecified atom stereocenters. The average molecular weight is 333 g/mol. The molecule has 0 spiro atoms. The fourth-order valence-corrected chi connectivity index (χ4v) is 3.60. The molecule has 124 valence electrons. The van der Waals surface area contributed by atoms with E-state index in [0.29, 0.717) is 11.4 Å². The molecular formula is C18H23NO3S. The van der Waals surface area contributed by atoms with Crippen molar-refractivity contribution in [3.05, 3.63) is 59.7 Å². The van der Waals surface area contributed by atoms with E-state index < -0.39 is 10.0 Å².